The molecule has 1 unspecified atom stereocenters. The number of methoxy groups -OCH3 is 1. The second-order valence-corrected chi connectivity index (χ2v) is 3.93. The predicted molar refractivity (Wildman–Crippen MR) is 54.4 cm³/mol. The first-order chi connectivity index (χ1) is 6.24. The van der Waals surface area contributed by atoms with Gasteiger partial charge in [0.15, 0.2) is 5.78 Å². The summed E-state index contributed by atoms with van der Waals surface area (Å²) in [6.07, 6.45) is 1.55. The highest BCUT2D eigenvalue weighted by Gasteiger charge is 2.08. The molecule has 0 aliphatic carbocycles. The van der Waals surface area contributed by atoms with Crippen molar-refractivity contribution < 1.29 is 9.53 Å². The number of hydrogen-bond acceptors (Lipinski definition) is 3. The van der Waals surface area contributed by atoms with E-state index in [1.165, 1.54) is 11.3 Å². The quantitative estimate of drug-likeness (QED) is 0.680. The van der Waals surface area contributed by atoms with Crippen molar-refractivity contribution in [1.82, 2.24) is 0 Å². The number of thiophene rings is 1. The molecule has 1 rings (SSSR count). The highest BCUT2D eigenvalue weighted by molar-refractivity contribution is 7.12. The first kappa shape index (κ1) is 10.4. The molecule has 3 heteroatoms. The molecule has 0 aromatic carbocycles. The van der Waals surface area contributed by atoms with E-state index in [2.05, 4.69) is 0 Å². The molecule has 2 nitrogen and oxygen atoms in total. The van der Waals surface area contributed by atoms with Gasteiger partial charge >= 0.3 is 0 Å². The highest BCUT2D eigenvalue weighted by atomic mass is 32.1. The van der Waals surface area contributed by atoms with Crippen LogP contribution in [0.15, 0.2) is 17.5 Å². The Labute approximate surface area is 82.5 Å². The van der Waals surface area contributed by atoms with Crippen molar-refractivity contribution in [3.05, 3.63) is 22.4 Å². The first-order valence-corrected chi connectivity index (χ1v) is 5.21. The Balaban J connectivity index is 2.35. The maximum atomic E-state index is 11.5. The van der Waals surface area contributed by atoms with Crippen molar-refractivity contribution >= 4 is 17.1 Å². The Morgan fingerprint density at radius 3 is 3.00 bits per heavy atom. The number of carbonyl (C=O) groups excluding carboxylic acids is 1. The molecule has 0 amide bonds. The SMILES string of the molecule is COC(C)CCC(=O)c1cccs1. The van der Waals surface area contributed by atoms with Crippen LogP contribution in [-0.4, -0.2) is 19.0 Å². The van der Waals surface area contributed by atoms with Crippen LogP contribution in [0.2, 0.25) is 0 Å². The molecule has 72 valence electrons. The third-order valence-corrected chi connectivity index (χ3v) is 2.89. The van der Waals surface area contributed by atoms with Gasteiger partial charge in [-0.15, -0.1) is 11.3 Å². The molecule has 1 heterocycles. The number of carbonyl (C=O) groups is 1. The lowest BCUT2D eigenvalue weighted by Gasteiger charge is -2.06. The highest BCUT2D eigenvalue weighted by Crippen LogP contribution is 2.13. The van der Waals surface area contributed by atoms with Crippen LogP contribution < -0.4 is 0 Å². The summed E-state index contributed by atoms with van der Waals surface area (Å²) in [5, 5.41) is 1.92. The number of Topliss-reactive ketones (excluding diaryl/α,β-unsaturated/α-hetero) is 1. The minimum atomic E-state index is 0.170. The lowest BCUT2D eigenvalue weighted by atomic mass is 10.1. The molecule has 0 aliphatic rings. The summed E-state index contributed by atoms with van der Waals surface area (Å²) in [4.78, 5) is 12.3. The average molecular weight is 198 g/mol. The zero-order valence-corrected chi connectivity index (χ0v) is 8.76. The zero-order valence-electron chi connectivity index (χ0n) is 7.95. The molecule has 0 saturated heterocycles. The van der Waals surface area contributed by atoms with Gasteiger partial charge in [0.1, 0.15) is 0 Å². The lowest BCUT2D eigenvalue weighted by molar-refractivity contribution is 0.0881. The van der Waals surface area contributed by atoms with Crippen LogP contribution in [0.5, 0.6) is 0 Å². The molecule has 1 atom stereocenters. The number of ketones is 1. The molecular formula is C10H14O2S. The Morgan fingerprint density at radius 1 is 1.69 bits per heavy atom. The average Bonchev–Trinajstić information content (AvgIpc) is 2.66. The topological polar surface area (TPSA) is 26.3 Å². The molecule has 0 saturated carbocycles. The van der Waals surface area contributed by atoms with Gasteiger partial charge in [-0.1, -0.05) is 6.07 Å². The van der Waals surface area contributed by atoms with Gasteiger partial charge in [-0.2, -0.15) is 0 Å². The first-order valence-electron chi connectivity index (χ1n) is 4.33. The van der Waals surface area contributed by atoms with Gasteiger partial charge in [0.2, 0.25) is 0 Å². The van der Waals surface area contributed by atoms with Gasteiger partial charge in [0.05, 0.1) is 11.0 Å². The van der Waals surface area contributed by atoms with Crippen LogP contribution in [0.25, 0.3) is 0 Å². The summed E-state index contributed by atoms with van der Waals surface area (Å²) in [6, 6.07) is 3.77. The summed E-state index contributed by atoms with van der Waals surface area (Å²) in [5.41, 5.74) is 0. The Hall–Kier alpha value is -0.670. The van der Waals surface area contributed by atoms with E-state index in [1.54, 1.807) is 7.11 Å². The maximum Gasteiger partial charge on any atom is 0.172 e. The zero-order chi connectivity index (χ0) is 9.68. The monoisotopic (exact) mass is 198 g/mol. The van der Waals surface area contributed by atoms with Crippen LogP contribution in [0.4, 0.5) is 0 Å². The molecule has 13 heavy (non-hydrogen) atoms. The fraction of sp³-hybridized carbons (Fsp3) is 0.500. The van der Waals surface area contributed by atoms with Crippen LogP contribution in [0.3, 0.4) is 0 Å². The minimum Gasteiger partial charge on any atom is -0.382 e. The van der Waals surface area contributed by atoms with Crippen molar-refractivity contribution in [3.8, 4) is 0 Å². The third kappa shape index (κ3) is 3.28. The number of hydrogen-bond donors (Lipinski definition) is 0. The molecule has 1 aromatic heterocycles. The normalized spacial score (nSPS) is 12.8. The van der Waals surface area contributed by atoms with Gasteiger partial charge in [-0.25, -0.2) is 0 Å². The fourth-order valence-corrected chi connectivity index (χ4v) is 1.71. The smallest absolute Gasteiger partial charge is 0.172 e. The maximum absolute atomic E-state index is 11.5. The van der Waals surface area contributed by atoms with Gasteiger partial charge in [0.25, 0.3) is 0 Å². The van der Waals surface area contributed by atoms with Crippen molar-refractivity contribution in [3.63, 3.8) is 0 Å². The van der Waals surface area contributed by atoms with Crippen LogP contribution in [0.1, 0.15) is 29.4 Å². The third-order valence-electron chi connectivity index (χ3n) is 1.98. The Bertz CT molecular complexity index is 254. The van der Waals surface area contributed by atoms with E-state index in [0.29, 0.717) is 6.42 Å². The summed E-state index contributed by atoms with van der Waals surface area (Å²) in [7, 11) is 1.67. The summed E-state index contributed by atoms with van der Waals surface area (Å²) in [5.74, 6) is 0.221. The van der Waals surface area contributed by atoms with E-state index < -0.39 is 0 Å². The summed E-state index contributed by atoms with van der Waals surface area (Å²) >= 11 is 1.50. The molecule has 0 fully saturated rings. The molecule has 0 bridgehead atoms. The van der Waals surface area contributed by atoms with E-state index in [9.17, 15) is 4.79 Å². The van der Waals surface area contributed by atoms with Crippen molar-refractivity contribution in [2.75, 3.05) is 7.11 Å². The van der Waals surface area contributed by atoms with Crippen LogP contribution in [0, 0.1) is 0 Å². The largest absolute Gasteiger partial charge is 0.382 e. The van der Waals surface area contributed by atoms with E-state index in [4.69, 9.17) is 4.74 Å². The van der Waals surface area contributed by atoms with Crippen LogP contribution in [-0.2, 0) is 4.74 Å². The Kier molecular flexibility index (Phi) is 4.12. The van der Waals surface area contributed by atoms with E-state index >= 15 is 0 Å². The van der Waals surface area contributed by atoms with E-state index in [1.807, 2.05) is 24.4 Å². The summed E-state index contributed by atoms with van der Waals surface area (Å²) < 4.78 is 5.07. The Morgan fingerprint density at radius 2 is 2.46 bits per heavy atom. The standard InChI is InChI=1S/C10H14O2S/c1-8(12-2)5-6-9(11)10-4-3-7-13-10/h3-4,7-8H,5-6H2,1-2H3. The molecular weight excluding hydrogens is 184 g/mol. The summed E-state index contributed by atoms with van der Waals surface area (Å²) in [6.45, 7) is 1.97. The second kappa shape index (κ2) is 5.14. The fourth-order valence-electron chi connectivity index (χ4n) is 1.01. The number of ether oxygens (including phenoxy) is 1. The second-order valence-electron chi connectivity index (χ2n) is 2.99. The molecule has 0 spiro atoms. The minimum absolute atomic E-state index is 0.170. The van der Waals surface area contributed by atoms with Gasteiger partial charge in [-0.3, -0.25) is 4.79 Å². The molecule has 0 aliphatic heterocycles. The van der Waals surface area contributed by atoms with Crippen LogP contribution >= 0.6 is 11.3 Å². The van der Waals surface area contributed by atoms with Gasteiger partial charge in [0, 0.05) is 13.5 Å². The molecule has 1 aromatic rings. The molecule has 0 N–H and O–H groups in total. The van der Waals surface area contributed by atoms with Gasteiger partial charge < -0.3 is 4.74 Å². The van der Waals surface area contributed by atoms with Crippen molar-refractivity contribution in [2.45, 2.75) is 25.9 Å². The van der Waals surface area contributed by atoms with Gasteiger partial charge in [-0.05, 0) is 24.8 Å². The van der Waals surface area contributed by atoms with Crippen molar-refractivity contribution in [1.29, 1.82) is 0 Å². The van der Waals surface area contributed by atoms with Crippen molar-refractivity contribution in [2.24, 2.45) is 0 Å². The lowest BCUT2D eigenvalue weighted by Crippen LogP contribution is -2.07. The molecule has 0 radical (unpaired) electrons. The predicted octanol–water partition coefficient (Wildman–Crippen LogP) is 2.75. The number of rotatable bonds is 5. The van der Waals surface area contributed by atoms with E-state index in [0.717, 1.165) is 11.3 Å². The van der Waals surface area contributed by atoms with E-state index in [-0.39, 0.29) is 11.9 Å².